The highest BCUT2D eigenvalue weighted by atomic mass is 15.2. The normalized spacial score (nSPS) is 17.6. The van der Waals surface area contributed by atoms with Crippen molar-refractivity contribution in [1.82, 2.24) is 0 Å². The largest absolute Gasteiger partial charge is 0.381 e. The van der Waals surface area contributed by atoms with Crippen molar-refractivity contribution in [2.45, 2.75) is 52.1 Å². The molecule has 1 atom stereocenters. The number of nitrogens with one attached hydrogen (secondary N) is 1. The molecule has 1 aliphatic heterocycles. The van der Waals surface area contributed by atoms with E-state index in [1.165, 1.54) is 22.5 Å². The molecule has 0 aromatic heterocycles. The highest BCUT2D eigenvalue weighted by molar-refractivity contribution is 5.72. The van der Waals surface area contributed by atoms with E-state index in [0.717, 1.165) is 19.5 Å². The quantitative estimate of drug-likeness (QED) is 0.839. The van der Waals surface area contributed by atoms with Crippen LogP contribution in [0, 0.1) is 0 Å². The maximum Gasteiger partial charge on any atom is 0.0608 e. The summed E-state index contributed by atoms with van der Waals surface area (Å²) in [5, 5.41) is 3.57. The monoisotopic (exact) mass is 308 g/mol. The van der Waals surface area contributed by atoms with Gasteiger partial charge in [-0.3, -0.25) is 0 Å². The number of nitrogens with zero attached hydrogens (tertiary/aromatic N) is 1. The molecule has 0 radical (unpaired) electrons. The average Bonchev–Trinajstić information content (AvgIpc) is 2.55. The molecule has 0 saturated carbocycles. The molecule has 0 amide bonds. The fraction of sp³-hybridized carbons (Fsp3) is 0.429. The summed E-state index contributed by atoms with van der Waals surface area (Å²) in [5.74, 6) is 0. The molecule has 0 fully saturated rings. The first-order valence-electron chi connectivity index (χ1n) is 8.68. The van der Waals surface area contributed by atoms with E-state index >= 15 is 0 Å². The summed E-state index contributed by atoms with van der Waals surface area (Å²) < 4.78 is 0. The summed E-state index contributed by atoms with van der Waals surface area (Å²) in [6.45, 7) is 11.1. The molecule has 2 heteroatoms. The number of rotatable bonds is 3. The number of anilines is 2. The molecule has 23 heavy (non-hydrogen) atoms. The summed E-state index contributed by atoms with van der Waals surface area (Å²) >= 11 is 0. The first-order valence-corrected chi connectivity index (χ1v) is 8.68. The van der Waals surface area contributed by atoms with Gasteiger partial charge in [0.1, 0.15) is 0 Å². The maximum absolute atomic E-state index is 3.57. The van der Waals surface area contributed by atoms with Crippen LogP contribution in [-0.2, 0) is 12.0 Å². The van der Waals surface area contributed by atoms with E-state index in [1.54, 1.807) is 0 Å². The maximum atomic E-state index is 3.57. The zero-order chi connectivity index (χ0) is 16.4. The molecule has 2 aromatic rings. The van der Waals surface area contributed by atoms with Gasteiger partial charge < -0.3 is 10.2 Å². The van der Waals surface area contributed by atoms with Crippen LogP contribution in [0.25, 0.3) is 0 Å². The smallest absolute Gasteiger partial charge is 0.0608 e. The molecule has 3 rings (SSSR count). The van der Waals surface area contributed by atoms with Crippen molar-refractivity contribution in [2.24, 2.45) is 0 Å². The Balaban J connectivity index is 1.86. The summed E-state index contributed by atoms with van der Waals surface area (Å²) in [6.07, 6.45) is 1.15. The van der Waals surface area contributed by atoms with Crippen LogP contribution in [-0.4, -0.2) is 12.6 Å². The number of hydrogen-bond donors (Lipinski definition) is 1. The minimum Gasteiger partial charge on any atom is -0.381 e. The molecule has 0 aliphatic carbocycles. The molecule has 1 N–H and O–H groups in total. The Morgan fingerprint density at radius 3 is 2.39 bits per heavy atom. The molecule has 2 nitrogen and oxygen atoms in total. The first kappa shape index (κ1) is 15.9. The van der Waals surface area contributed by atoms with Crippen LogP contribution >= 0.6 is 0 Å². The first-order chi connectivity index (χ1) is 11.0. The van der Waals surface area contributed by atoms with Crippen LogP contribution in [0.3, 0.4) is 0 Å². The molecule has 122 valence electrons. The van der Waals surface area contributed by atoms with Gasteiger partial charge >= 0.3 is 0 Å². The van der Waals surface area contributed by atoms with Crippen molar-refractivity contribution in [2.75, 3.05) is 16.8 Å². The van der Waals surface area contributed by atoms with Crippen LogP contribution in [0.1, 0.15) is 45.2 Å². The fourth-order valence-electron chi connectivity index (χ4n) is 3.29. The van der Waals surface area contributed by atoms with Crippen molar-refractivity contribution >= 4 is 11.4 Å². The van der Waals surface area contributed by atoms with Gasteiger partial charge in [-0.15, -0.1) is 0 Å². The average molecular weight is 308 g/mol. The molecule has 2 aromatic carbocycles. The minimum atomic E-state index is 0.214. The third-order valence-electron chi connectivity index (χ3n) is 4.83. The van der Waals surface area contributed by atoms with Gasteiger partial charge in [-0.25, -0.2) is 0 Å². The summed E-state index contributed by atoms with van der Waals surface area (Å²) in [4.78, 5) is 2.55. The molecule has 0 spiro atoms. The number of hydrogen-bond acceptors (Lipinski definition) is 2. The van der Waals surface area contributed by atoms with E-state index in [0.29, 0.717) is 6.04 Å². The van der Waals surface area contributed by atoms with Gasteiger partial charge in [0.2, 0.25) is 0 Å². The highest BCUT2D eigenvalue weighted by Crippen LogP contribution is 2.33. The topological polar surface area (TPSA) is 15.3 Å². The van der Waals surface area contributed by atoms with E-state index in [9.17, 15) is 0 Å². The van der Waals surface area contributed by atoms with Gasteiger partial charge in [-0.1, -0.05) is 64.1 Å². The van der Waals surface area contributed by atoms with Crippen molar-refractivity contribution in [3.05, 3.63) is 59.7 Å². The number of fused-ring (bicyclic) bond motifs is 1. The van der Waals surface area contributed by atoms with Crippen LogP contribution in [0.4, 0.5) is 11.4 Å². The molecular weight excluding hydrogens is 280 g/mol. The van der Waals surface area contributed by atoms with Crippen LogP contribution in [0.15, 0.2) is 48.5 Å². The van der Waals surface area contributed by atoms with Gasteiger partial charge in [-0.05, 0) is 35.1 Å². The van der Waals surface area contributed by atoms with Crippen LogP contribution < -0.4 is 10.2 Å². The Bertz CT molecular complexity index is 652. The van der Waals surface area contributed by atoms with Gasteiger partial charge in [-0.2, -0.15) is 0 Å². The lowest BCUT2D eigenvalue weighted by molar-refractivity contribution is 0.577. The van der Waals surface area contributed by atoms with E-state index in [2.05, 4.69) is 86.4 Å². The van der Waals surface area contributed by atoms with Gasteiger partial charge in [0, 0.05) is 19.1 Å². The fourth-order valence-corrected chi connectivity index (χ4v) is 3.29. The Hall–Kier alpha value is -1.96. The van der Waals surface area contributed by atoms with Crippen molar-refractivity contribution in [3.8, 4) is 0 Å². The van der Waals surface area contributed by atoms with Gasteiger partial charge in [0.05, 0.1) is 11.4 Å². The van der Waals surface area contributed by atoms with Crippen molar-refractivity contribution in [3.63, 3.8) is 0 Å². The predicted molar refractivity (Wildman–Crippen MR) is 100 cm³/mol. The van der Waals surface area contributed by atoms with Gasteiger partial charge in [0.15, 0.2) is 0 Å². The third-order valence-corrected chi connectivity index (χ3v) is 4.83. The summed E-state index contributed by atoms with van der Waals surface area (Å²) in [6, 6.07) is 18.3. The second-order valence-corrected chi connectivity index (χ2v) is 7.53. The van der Waals surface area contributed by atoms with E-state index in [1.807, 2.05) is 0 Å². The lowest BCUT2D eigenvalue weighted by atomic mass is 9.86. The van der Waals surface area contributed by atoms with E-state index < -0.39 is 0 Å². The zero-order valence-electron chi connectivity index (χ0n) is 14.8. The molecule has 0 bridgehead atoms. The SMILES string of the molecule is CCC1CNc2ccccc2N1Cc1ccc(C(C)(C)C)cc1. The van der Waals surface area contributed by atoms with Crippen LogP contribution in [0.5, 0.6) is 0 Å². The van der Waals surface area contributed by atoms with Crippen molar-refractivity contribution in [1.29, 1.82) is 0 Å². The van der Waals surface area contributed by atoms with Gasteiger partial charge in [0.25, 0.3) is 0 Å². The Labute approximate surface area is 140 Å². The second kappa shape index (κ2) is 6.27. The van der Waals surface area contributed by atoms with E-state index in [4.69, 9.17) is 0 Å². The summed E-state index contributed by atoms with van der Waals surface area (Å²) in [7, 11) is 0. The Morgan fingerprint density at radius 1 is 1.04 bits per heavy atom. The number of para-hydroxylation sites is 2. The molecule has 1 heterocycles. The predicted octanol–water partition coefficient (Wildman–Crippen LogP) is 5.19. The Kier molecular flexibility index (Phi) is 4.34. The van der Waals surface area contributed by atoms with E-state index in [-0.39, 0.29) is 5.41 Å². The third kappa shape index (κ3) is 3.36. The molecule has 0 saturated heterocycles. The van der Waals surface area contributed by atoms with Crippen molar-refractivity contribution < 1.29 is 0 Å². The zero-order valence-corrected chi connectivity index (χ0v) is 14.8. The molecule has 1 unspecified atom stereocenters. The lowest BCUT2D eigenvalue weighted by Gasteiger charge is -2.39. The lowest BCUT2D eigenvalue weighted by Crippen LogP contribution is -2.43. The molecule has 1 aliphatic rings. The molecular formula is C21H28N2. The second-order valence-electron chi connectivity index (χ2n) is 7.53. The minimum absolute atomic E-state index is 0.214. The number of benzene rings is 2. The van der Waals surface area contributed by atoms with Crippen LogP contribution in [0.2, 0.25) is 0 Å². The highest BCUT2D eigenvalue weighted by Gasteiger charge is 2.24. The standard InChI is InChI=1S/C21H28N2/c1-5-18-14-22-19-8-6-7-9-20(19)23(18)15-16-10-12-17(13-11-16)21(2,3)4/h6-13,18,22H,5,14-15H2,1-4H3. The summed E-state index contributed by atoms with van der Waals surface area (Å²) in [5.41, 5.74) is 5.57. The Morgan fingerprint density at radius 2 is 1.74 bits per heavy atom.